The zero-order valence-corrected chi connectivity index (χ0v) is 18.0. The second-order valence-corrected chi connectivity index (χ2v) is 7.57. The topological polar surface area (TPSA) is 94.8 Å². The molecule has 8 heteroatoms. The van der Waals surface area contributed by atoms with Crippen LogP contribution in [0.1, 0.15) is 30.6 Å². The highest BCUT2D eigenvalue weighted by Crippen LogP contribution is 2.21. The Morgan fingerprint density at radius 3 is 2.67 bits per heavy atom. The van der Waals surface area contributed by atoms with E-state index in [-0.39, 0.29) is 29.5 Å². The predicted molar refractivity (Wildman–Crippen MR) is 115 cm³/mol. The summed E-state index contributed by atoms with van der Waals surface area (Å²) in [6.07, 6.45) is 0.741. The average molecular weight is 474 g/mol. The Morgan fingerprint density at radius 2 is 1.93 bits per heavy atom. The number of hydrogen-bond donors (Lipinski definition) is 1. The highest BCUT2D eigenvalue weighted by molar-refractivity contribution is 9.10. The van der Waals surface area contributed by atoms with Crippen molar-refractivity contribution in [3.8, 4) is 11.5 Å². The minimum absolute atomic E-state index is 0.0615. The van der Waals surface area contributed by atoms with E-state index in [0.29, 0.717) is 11.1 Å². The fraction of sp³-hybridized carbons (Fsp3) is 0.227. The van der Waals surface area contributed by atoms with Crippen LogP contribution in [-0.4, -0.2) is 24.5 Å². The Hall–Kier alpha value is -3.13. The number of amides is 1. The normalized spacial score (nSPS) is 11.7. The van der Waals surface area contributed by atoms with Gasteiger partial charge in [-0.25, -0.2) is 9.59 Å². The molecule has 0 bridgehead atoms. The van der Waals surface area contributed by atoms with Gasteiger partial charge in [0.15, 0.2) is 6.61 Å². The van der Waals surface area contributed by atoms with E-state index in [2.05, 4.69) is 21.2 Å². The average Bonchev–Trinajstić information content (AvgIpc) is 2.71. The highest BCUT2D eigenvalue weighted by atomic mass is 79.9. The van der Waals surface area contributed by atoms with Crippen LogP contribution in [0.3, 0.4) is 0 Å². The van der Waals surface area contributed by atoms with E-state index >= 15 is 0 Å². The number of nitrogens with one attached hydrogen (secondary N) is 1. The van der Waals surface area contributed by atoms with Gasteiger partial charge in [-0.2, -0.15) is 0 Å². The first-order chi connectivity index (χ1) is 14.4. The first-order valence-corrected chi connectivity index (χ1v) is 10.1. The van der Waals surface area contributed by atoms with Crippen molar-refractivity contribution >= 4 is 38.8 Å². The number of rotatable bonds is 7. The fourth-order valence-electron chi connectivity index (χ4n) is 2.58. The summed E-state index contributed by atoms with van der Waals surface area (Å²) in [6, 6.07) is 13.1. The fourth-order valence-corrected chi connectivity index (χ4v) is 2.96. The minimum Gasteiger partial charge on any atom is -0.482 e. The molecule has 1 heterocycles. The molecule has 0 radical (unpaired) electrons. The molecule has 1 N–H and O–H groups in total. The van der Waals surface area contributed by atoms with Gasteiger partial charge >= 0.3 is 11.6 Å². The van der Waals surface area contributed by atoms with E-state index in [1.807, 2.05) is 19.9 Å². The van der Waals surface area contributed by atoms with Crippen molar-refractivity contribution in [3.05, 3.63) is 69.0 Å². The molecule has 0 saturated carbocycles. The van der Waals surface area contributed by atoms with Crippen molar-refractivity contribution in [1.29, 1.82) is 0 Å². The van der Waals surface area contributed by atoms with Crippen molar-refractivity contribution < 1.29 is 23.5 Å². The van der Waals surface area contributed by atoms with Crippen molar-refractivity contribution in [2.24, 2.45) is 0 Å². The standard InChI is InChI=1S/C22H20BrNO6/c1-3-13(2)24-21(26)18-9-14-7-8-17(11-19(14)30-22(18)27)29-20(25)12-28-16-6-4-5-15(23)10-16/h4-11,13H,3,12H2,1-2H3,(H,24,26). The minimum atomic E-state index is -0.759. The number of carbonyl (C=O) groups is 2. The summed E-state index contributed by atoms with van der Waals surface area (Å²) in [6.45, 7) is 3.50. The van der Waals surface area contributed by atoms with Crippen LogP contribution < -0.4 is 20.4 Å². The third kappa shape index (κ3) is 5.48. The molecular formula is C22H20BrNO6. The largest absolute Gasteiger partial charge is 0.482 e. The maximum absolute atomic E-state index is 12.2. The lowest BCUT2D eigenvalue weighted by Crippen LogP contribution is -2.34. The lowest BCUT2D eigenvalue weighted by atomic mass is 10.1. The maximum atomic E-state index is 12.2. The highest BCUT2D eigenvalue weighted by Gasteiger charge is 2.16. The molecule has 7 nitrogen and oxygen atoms in total. The van der Waals surface area contributed by atoms with Crippen LogP contribution >= 0.6 is 15.9 Å². The third-order valence-electron chi connectivity index (χ3n) is 4.33. The van der Waals surface area contributed by atoms with Crippen LogP contribution in [0.15, 0.2) is 62.2 Å². The Morgan fingerprint density at radius 1 is 1.13 bits per heavy atom. The van der Waals surface area contributed by atoms with Gasteiger partial charge < -0.3 is 19.2 Å². The van der Waals surface area contributed by atoms with Gasteiger partial charge in [-0.1, -0.05) is 28.9 Å². The molecule has 3 rings (SSSR count). The van der Waals surface area contributed by atoms with Gasteiger partial charge in [0.1, 0.15) is 22.6 Å². The molecule has 1 amide bonds. The number of halogens is 1. The van der Waals surface area contributed by atoms with Gasteiger partial charge in [-0.05, 0) is 49.7 Å². The Kier molecular flexibility index (Phi) is 6.89. The van der Waals surface area contributed by atoms with Crippen LogP contribution in [0.4, 0.5) is 0 Å². The summed E-state index contributed by atoms with van der Waals surface area (Å²) in [5.41, 5.74) is -0.627. The van der Waals surface area contributed by atoms with Crippen molar-refractivity contribution in [1.82, 2.24) is 5.32 Å². The number of esters is 1. The summed E-state index contributed by atoms with van der Waals surface area (Å²) in [7, 11) is 0. The monoisotopic (exact) mass is 473 g/mol. The van der Waals surface area contributed by atoms with Gasteiger partial charge in [0, 0.05) is 22.0 Å². The van der Waals surface area contributed by atoms with Gasteiger partial charge in [-0.15, -0.1) is 0 Å². The van der Waals surface area contributed by atoms with Gasteiger partial charge in [0.05, 0.1) is 0 Å². The number of hydrogen-bond acceptors (Lipinski definition) is 6. The number of ether oxygens (including phenoxy) is 2. The van der Waals surface area contributed by atoms with Crippen LogP contribution in [0.5, 0.6) is 11.5 Å². The zero-order chi connectivity index (χ0) is 21.7. The predicted octanol–water partition coefficient (Wildman–Crippen LogP) is 4.07. The molecule has 3 aromatic rings. The number of benzene rings is 2. The van der Waals surface area contributed by atoms with Gasteiger partial charge in [0.2, 0.25) is 0 Å². The molecule has 1 aromatic heterocycles. The molecule has 30 heavy (non-hydrogen) atoms. The molecule has 0 aliphatic heterocycles. The molecule has 1 unspecified atom stereocenters. The second-order valence-electron chi connectivity index (χ2n) is 6.65. The molecule has 0 aliphatic carbocycles. The van der Waals surface area contributed by atoms with Crippen molar-refractivity contribution in [2.75, 3.05) is 6.61 Å². The van der Waals surface area contributed by atoms with E-state index in [0.717, 1.165) is 10.9 Å². The molecule has 156 valence electrons. The van der Waals surface area contributed by atoms with E-state index in [1.54, 1.807) is 30.3 Å². The first kappa shape index (κ1) is 21.6. The summed E-state index contributed by atoms with van der Waals surface area (Å²) < 4.78 is 16.7. The van der Waals surface area contributed by atoms with E-state index in [4.69, 9.17) is 13.9 Å². The maximum Gasteiger partial charge on any atom is 0.349 e. The molecular weight excluding hydrogens is 454 g/mol. The van der Waals surface area contributed by atoms with Crippen molar-refractivity contribution in [2.45, 2.75) is 26.3 Å². The molecule has 0 fully saturated rings. The summed E-state index contributed by atoms with van der Waals surface area (Å²) in [5, 5.41) is 3.27. The summed E-state index contributed by atoms with van der Waals surface area (Å²) in [5.74, 6) is -0.374. The molecule has 0 aliphatic rings. The van der Waals surface area contributed by atoms with Gasteiger partial charge in [0.25, 0.3) is 5.91 Å². The summed E-state index contributed by atoms with van der Waals surface area (Å²) in [4.78, 5) is 36.5. The number of carbonyl (C=O) groups excluding carboxylic acids is 2. The van der Waals surface area contributed by atoms with E-state index < -0.39 is 17.5 Å². The smallest absolute Gasteiger partial charge is 0.349 e. The lowest BCUT2D eigenvalue weighted by Gasteiger charge is -2.11. The van der Waals surface area contributed by atoms with Gasteiger partial charge in [-0.3, -0.25) is 4.79 Å². The quantitative estimate of drug-likeness (QED) is 0.315. The van der Waals surface area contributed by atoms with Crippen LogP contribution in [0.25, 0.3) is 11.0 Å². The molecule has 0 spiro atoms. The van der Waals surface area contributed by atoms with Crippen LogP contribution in [-0.2, 0) is 4.79 Å². The molecule has 1 atom stereocenters. The molecule has 0 saturated heterocycles. The van der Waals surface area contributed by atoms with Crippen molar-refractivity contribution in [3.63, 3.8) is 0 Å². The second kappa shape index (κ2) is 9.58. The lowest BCUT2D eigenvalue weighted by molar-refractivity contribution is -0.136. The molecule has 2 aromatic carbocycles. The SMILES string of the molecule is CCC(C)NC(=O)c1cc2ccc(OC(=O)COc3cccc(Br)c3)cc2oc1=O. The Bertz CT molecular complexity index is 1140. The third-order valence-corrected chi connectivity index (χ3v) is 4.82. The number of fused-ring (bicyclic) bond motifs is 1. The Labute approximate surface area is 181 Å². The van der Waals surface area contributed by atoms with E-state index in [1.165, 1.54) is 12.1 Å². The summed E-state index contributed by atoms with van der Waals surface area (Å²) >= 11 is 3.32. The first-order valence-electron chi connectivity index (χ1n) is 9.33. The van der Waals surface area contributed by atoms with E-state index in [9.17, 15) is 14.4 Å². The van der Waals surface area contributed by atoms with Crippen LogP contribution in [0, 0.1) is 0 Å². The Balaban J connectivity index is 1.70. The zero-order valence-electron chi connectivity index (χ0n) is 16.4. The van der Waals surface area contributed by atoms with Crippen LogP contribution in [0.2, 0.25) is 0 Å².